The van der Waals surface area contributed by atoms with Crippen molar-refractivity contribution in [2.24, 2.45) is 0 Å². The average Bonchev–Trinajstić information content (AvgIpc) is 2.66. The summed E-state index contributed by atoms with van der Waals surface area (Å²) < 4.78 is 1.67. The molecule has 0 saturated heterocycles. The summed E-state index contributed by atoms with van der Waals surface area (Å²) in [6.07, 6.45) is 2.98. The Bertz CT molecular complexity index is 502. The molecule has 0 aliphatic carbocycles. The first-order valence-corrected chi connectivity index (χ1v) is 4.69. The van der Waals surface area contributed by atoms with Crippen molar-refractivity contribution in [3.05, 3.63) is 42.5 Å². The maximum Gasteiger partial charge on any atom is 0.309 e. The number of aromatic hydroxyl groups is 1. The number of nitrogens with zero attached hydrogens (tertiary/aromatic N) is 2. The van der Waals surface area contributed by atoms with Crippen LogP contribution in [-0.4, -0.2) is 25.7 Å². The van der Waals surface area contributed by atoms with Gasteiger partial charge in [-0.05, 0) is 24.3 Å². The molecule has 5 nitrogen and oxygen atoms in total. The molecule has 0 radical (unpaired) electrons. The highest BCUT2D eigenvalue weighted by molar-refractivity contribution is 5.69. The maximum absolute atomic E-state index is 10.6. The number of hydrogen-bond acceptors (Lipinski definition) is 3. The molecule has 1 heterocycles. The number of carbonyl (C=O) groups is 1. The number of benzene rings is 1. The highest BCUT2D eigenvalue weighted by Crippen LogP contribution is 2.15. The van der Waals surface area contributed by atoms with Crippen LogP contribution in [0, 0.1) is 0 Å². The van der Waals surface area contributed by atoms with Gasteiger partial charge in [0.1, 0.15) is 5.75 Å². The second-order valence-corrected chi connectivity index (χ2v) is 3.34. The van der Waals surface area contributed by atoms with E-state index in [-0.39, 0.29) is 12.2 Å². The predicted molar refractivity (Wildman–Crippen MR) is 56.6 cm³/mol. The summed E-state index contributed by atoms with van der Waals surface area (Å²) in [5.41, 5.74) is 1.37. The molecule has 2 aromatic rings. The lowest BCUT2D eigenvalue weighted by atomic mass is 10.2. The van der Waals surface area contributed by atoms with Gasteiger partial charge in [0.2, 0.25) is 0 Å². The Hall–Kier alpha value is -2.30. The average molecular weight is 218 g/mol. The van der Waals surface area contributed by atoms with Crippen molar-refractivity contribution in [2.45, 2.75) is 6.42 Å². The molecule has 2 N–H and O–H groups in total. The fourth-order valence-corrected chi connectivity index (χ4v) is 1.45. The van der Waals surface area contributed by atoms with Crippen molar-refractivity contribution in [1.82, 2.24) is 9.55 Å². The third kappa shape index (κ3) is 2.03. The highest BCUT2D eigenvalue weighted by Gasteiger charge is 2.07. The molecule has 1 aromatic carbocycles. The lowest BCUT2D eigenvalue weighted by Crippen LogP contribution is -2.05. The summed E-state index contributed by atoms with van der Waals surface area (Å²) in [5, 5.41) is 17.9. The number of rotatable bonds is 3. The zero-order valence-electron chi connectivity index (χ0n) is 8.37. The van der Waals surface area contributed by atoms with E-state index in [1.165, 1.54) is 6.20 Å². The minimum atomic E-state index is -0.902. The largest absolute Gasteiger partial charge is 0.508 e. The fourth-order valence-electron chi connectivity index (χ4n) is 1.45. The van der Waals surface area contributed by atoms with E-state index in [1.54, 1.807) is 35.2 Å². The van der Waals surface area contributed by atoms with E-state index in [0.717, 1.165) is 5.69 Å². The van der Waals surface area contributed by atoms with Gasteiger partial charge in [0, 0.05) is 11.9 Å². The SMILES string of the molecule is O=C(O)Cc1cncn1-c1ccc(O)cc1. The van der Waals surface area contributed by atoms with Gasteiger partial charge < -0.3 is 14.8 Å². The number of carboxylic acid groups (broad SMARTS) is 1. The molecule has 0 saturated carbocycles. The number of aliphatic carboxylic acids is 1. The van der Waals surface area contributed by atoms with Crippen LogP contribution in [0.3, 0.4) is 0 Å². The lowest BCUT2D eigenvalue weighted by Gasteiger charge is -2.06. The Morgan fingerprint density at radius 2 is 2.00 bits per heavy atom. The van der Waals surface area contributed by atoms with E-state index in [4.69, 9.17) is 10.2 Å². The Kier molecular flexibility index (Phi) is 2.59. The van der Waals surface area contributed by atoms with E-state index in [0.29, 0.717) is 5.69 Å². The fraction of sp³-hybridized carbons (Fsp3) is 0.0909. The molecule has 0 bridgehead atoms. The molecule has 82 valence electrons. The van der Waals surface area contributed by atoms with Gasteiger partial charge in [-0.2, -0.15) is 0 Å². The Labute approximate surface area is 91.6 Å². The maximum atomic E-state index is 10.6. The summed E-state index contributed by atoms with van der Waals surface area (Å²) in [6, 6.07) is 6.48. The van der Waals surface area contributed by atoms with Gasteiger partial charge in [0.05, 0.1) is 18.4 Å². The van der Waals surface area contributed by atoms with E-state index < -0.39 is 5.97 Å². The van der Waals surface area contributed by atoms with Crippen LogP contribution >= 0.6 is 0 Å². The Balaban J connectivity index is 2.36. The van der Waals surface area contributed by atoms with E-state index in [9.17, 15) is 4.79 Å². The minimum absolute atomic E-state index is 0.0825. The molecule has 0 spiro atoms. The summed E-state index contributed by atoms with van der Waals surface area (Å²) >= 11 is 0. The normalized spacial score (nSPS) is 10.2. The van der Waals surface area contributed by atoms with Gasteiger partial charge in [0.15, 0.2) is 0 Å². The Morgan fingerprint density at radius 3 is 2.62 bits per heavy atom. The number of phenols is 1. The lowest BCUT2D eigenvalue weighted by molar-refractivity contribution is -0.136. The van der Waals surface area contributed by atoms with Gasteiger partial charge in [-0.25, -0.2) is 4.98 Å². The van der Waals surface area contributed by atoms with Crippen LogP contribution in [0.2, 0.25) is 0 Å². The van der Waals surface area contributed by atoms with E-state index in [2.05, 4.69) is 4.98 Å². The summed E-state index contributed by atoms with van der Waals surface area (Å²) in [7, 11) is 0. The molecule has 1 aromatic heterocycles. The molecule has 0 fully saturated rings. The third-order valence-corrected chi connectivity index (χ3v) is 2.18. The van der Waals surface area contributed by atoms with Crippen LogP contribution in [0.25, 0.3) is 5.69 Å². The molecule has 0 aliphatic rings. The second kappa shape index (κ2) is 4.06. The van der Waals surface area contributed by atoms with Gasteiger partial charge in [-0.1, -0.05) is 0 Å². The molecule has 0 amide bonds. The molecular weight excluding hydrogens is 208 g/mol. The summed E-state index contributed by atoms with van der Waals surface area (Å²) in [6.45, 7) is 0. The van der Waals surface area contributed by atoms with Crippen LogP contribution in [0.4, 0.5) is 0 Å². The number of imidazole rings is 1. The molecule has 5 heteroatoms. The van der Waals surface area contributed by atoms with Crippen molar-refractivity contribution in [1.29, 1.82) is 0 Å². The van der Waals surface area contributed by atoms with Crippen molar-refractivity contribution in [2.75, 3.05) is 0 Å². The number of aromatic nitrogens is 2. The third-order valence-electron chi connectivity index (χ3n) is 2.18. The smallest absolute Gasteiger partial charge is 0.309 e. The predicted octanol–water partition coefficient (Wildman–Crippen LogP) is 1.21. The molecule has 16 heavy (non-hydrogen) atoms. The number of phenolic OH excluding ortho intramolecular Hbond substituents is 1. The standard InChI is InChI=1S/C11H10N2O3/c14-10-3-1-8(2-4-10)13-7-12-6-9(13)5-11(15)16/h1-4,6-7,14H,5H2,(H,15,16). The van der Waals surface area contributed by atoms with Crippen LogP contribution in [-0.2, 0) is 11.2 Å². The Morgan fingerprint density at radius 1 is 1.31 bits per heavy atom. The zero-order valence-corrected chi connectivity index (χ0v) is 8.37. The number of carboxylic acids is 1. The van der Waals surface area contributed by atoms with Gasteiger partial charge in [0.25, 0.3) is 0 Å². The molecule has 0 unspecified atom stereocenters. The highest BCUT2D eigenvalue weighted by atomic mass is 16.4. The minimum Gasteiger partial charge on any atom is -0.508 e. The van der Waals surface area contributed by atoms with Crippen molar-refractivity contribution >= 4 is 5.97 Å². The van der Waals surface area contributed by atoms with Gasteiger partial charge >= 0.3 is 5.97 Å². The molecule has 0 aliphatic heterocycles. The zero-order chi connectivity index (χ0) is 11.5. The molecule has 2 rings (SSSR count). The van der Waals surface area contributed by atoms with E-state index in [1.807, 2.05) is 0 Å². The quantitative estimate of drug-likeness (QED) is 0.811. The van der Waals surface area contributed by atoms with Crippen LogP contribution in [0.5, 0.6) is 5.75 Å². The van der Waals surface area contributed by atoms with Crippen LogP contribution in [0.15, 0.2) is 36.8 Å². The monoisotopic (exact) mass is 218 g/mol. The second-order valence-electron chi connectivity index (χ2n) is 3.34. The first-order chi connectivity index (χ1) is 7.66. The first kappa shape index (κ1) is 10.2. The summed E-state index contributed by atoms with van der Waals surface area (Å²) in [5.74, 6) is -0.732. The molecule has 0 atom stereocenters. The van der Waals surface area contributed by atoms with Crippen molar-refractivity contribution < 1.29 is 15.0 Å². The van der Waals surface area contributed by atoms with Gasteiger partial charge in [-0.15, -0.1) is 0 Å². The van der Waals surface area contributed by atoms with Crippen molar-refractivity contribution in [3.8, 4) is 11.4 Å². The van der Waals surface area contributed by atoms with E-state index >= 15 is 0 Å². The summed E-state index contributed by atoms with van der Waals surface area (Å²) in [4.78, 5) is 14.5. The van der Waals surface area contributed by atoms with Crippen LogP contribution in [0.1, 0.15) is 5.69 Å². The topological polar surface area (TPSA) is 75.3 Å². The number of hydrogen-bond donors (Lipinski definition) is 2. The van der Waals surface area contributed by atoms with Crippen molar-refractivity contribution in [3.63, 3.8) is 0 Å². The van der Waals surface area contributed by atoms with Gasteiger partial charge in [-0.3, -0.25) is 4.79 Å². The molecular formula is C11H10N2O3. The first-order valence-electron chi connectivity index (χ1n) is 4.69. The van der Waals surface area contributed by atoms with Crippen LogP contribution < -0.4 is 0 Å².